The fraction of sp³-hybridized carbons (Fsp3) is 0.200. The molecular weight excluding hydrogens is 371 g/mol. The lowest BCUT2D eigenvalue weighted by Gasteiger charge is -2.19. The van der Waals surface area contributed by atoms with E-state index in [0.717, 1.165) is 0 Å². The average molecular weight is 389 g/mol. The van der Waals surface area contributed by atoms with Gasteiger partial charge in [0.25, 0.3) is 0 Å². The van der Waals surface area contributed by atoms with Crippen LogP contribution in [0.3, 0.4) is 0 Å². The van der Waals surface area contributed by atoms with Gasteiger partial charge in [-0.25, -0.2) is 23.1 Å². The number of hydrogen-bond donors (Lipinski definition) is 1. The summed E-state index contributed by atoms with van der Waals surface area (Å²) in [5.41, 5.74) is -2.13. The summed E-state index contributed by atoms with van der Waals surface area (Å²) in [6.45, 7) is 4.72. The van der Waals surface area contributed by atoms with Crippen LogP contribution in [0, 0.1) is 22.9 Å². The van der Waals surface area contributed by atoms with E-state index in [4.69, 9.17) is 0 Å². The van der Waals surface area contributed by atoms with Gasteiger partial charge in [0.2, 0.25) is 5.91 Å². The van der Waals surface area contributed by atoms with Crippen LogP contribution in [0.25, 0.3) is 10.9 Å². The van der Waals surface area contributed by atoms with Crippen LogP contribution in [0.4, 0.5) is 18.9 Å². The molecule has 0 aliphatic carbocycles. The van der Waals surface area contributed by atoms with Gasteiger partial charge in [-0.1, -0.05) is 20.8 Å². The zero-order valence-corrected chi connectivity index (χ0v) is 15.3. The van der Waals surface area contributed by atoms with Crippen LogP contribution in [0.5, 0.6) is 0 Å². The van der Waals surface area contributed by atoms with Gasteiger partial charge >= 0.3 is 0 Å². The van der Waals surface area contributed by atoms with Crippen LogP contribution < -0.4 is 5.32 Å². The molecule has 0 bridgehead atoms. The zero-order chi connectivity index (χ0) is 20.6. The number of amides is 1. The van der Waals surface area contributed by atoms with E-state index < -0.39 is 45.8 Å². The van der Waals surface area contributed by atoms with Crippen LogP contribution in [0.2, 0.25) is 0 Å². The molecule has 0 radical (unpaired) electrons. The SMILES string of the molecule is CC(C)(C)C(=O)Nc1cc(F)c(F)c(C(=O)c2ccc3ncncc3c2)c1F.[HH]. The molecule has 1 N–H and O–H groups in total. The molecule has 8 heteroatoms. The molecular formula is C20H18F3N3O2. The third kappa shape index (κ3) is 3.58. The number of nitrogens with zero attached hydrogens (tertiary/aromatic N) is 2. The highest BCUT2D eigenvalue weighted by molar-refractivity contribution is 6.11. The number of rotatable bonds is 3. The maximum atomic E-state index is 14.8. The van der Waals surface area contributed by atoms with Crippen molar-refractivity contribution in [3.8, 4) is 0 Å². The smallest absolute Gasteiger partial charge is 0.229 e. The van der Waals surface area contributed by atoms with Crippen LogP contribution >= 0.6 is 0 Å². The lowest BCUT2D eigenvalue weighted by atomic mass is 9.95. The van der Waals surface area contributed by atoms with E-state index in [0.29, 0.717) is 17.0 Å². The van der Waals surface area contributed by atoms with Crippen molar-refractivity contribution in [3.63, 3.8) is 0 Å². The molecule has 0 fully saturated rings. The molecule has 0 aliphatic rings. The molecule has 1 heterocycles. The number of nitrogens with one attached hydrogen (secondary N) is 1. The van der Waals surface area contributed by atoms with Gasteiger partial charge in [0.05, 0.1) is 16.8 Å². The molecule has 0 spiro atoms. The van der Waals surface area contributed by atoms with Gasteiger partial charge in [-0.3, -0.25) is 9.59 Å². The number of hydrogen-bond acceptors (Lipinski definition) is 4. The minimum Gasteiger partial charge on any atom is -0.323 e. The van der Waals surface area contributed by atoms with Gasteiger partial charge in [-0.05, 0) is 18.2 Å². The van der Waals surface area contributed by atoms with E-state index in [1.807, 2.05) is 0 Å². The van der Waals surface area contributed by atoms with Gasteiger partial charge in [-0.15, -0.1) is 0 Å². The fourth-order valence-electron chi connectivity index (χ4n) is 2.47. The summed E-state index contributed by atoms with van der Waals surface area (Å²) in [6.07, 6.45) is 2.76. The number of carbonyl (C=O) groups excluding carboxylic acids is 2. The van der Waals surface area contributed by atoms with Gasteiger partial charge in [0.15, 0.2) is 23.2 Å². The van der Waals surface area contributed by atoms with E-state index in [1.54, 1.807) is 20.8 Å². The van der Waals surface area contributed by atoms with Crippen molar-refractivity contribution in [2.45, 2.75) is 20.8 Å². The largest absolute Gasteiger partial charge is 0.323 e. The lowest BCUT2D eigenvalue weighted by Crippen LogP contribution is -2.28. The molecule has 0 saturated heterocycles. The number of fused-ring (bicyclic) bond motifs is 1. The normalized spacial score (nSPS) is 11.5. The van der Waals surface area contributed by atoms with Crippen molar-refractivity contribution in [1.29, 1.82) is 0 Å². The van der Waals surface area contributed by atoms with Crippen molar-refractivity contribution in [2.75, 3.05) is 5.32 Å². The average Bonchev–Trinajstić information content (AvgIpc) is 2.64. The number of benzene rings is 2. The predicted molar refractivity (Wildman–Crippen MR) is 99.5 cm³/mol. The molecule has 1 aromatic heterocycles. The molecule has 0 aliphatic heterocycles. The number of carbonyl (C=O) groups is 2. The zero-order valence-electron chi connectivity index (χ0n) is 15.3. The standard InChI is InChI=1S/C20H16F3N3O2.H2/c1-20(2,3)19(28)26-14-7-12(21)16(22)15(17(14)23)18(27)10-4-5-13-11(6-10)8-24-9-25-13;/h4-9H,1-3H3,(H,26,28);1H. The number of anilines is 1. The lowest BCUT2D eigenvalue weighted by molar-refractivity contribution is -0.123. The summed E-state index contributed by atoms with van der Waals surface area (Å²) in [5, 5.41) is 2.68. The van der Waals surface area contributed by atoms with Crippen molar-refractivity contribution in [1.82, 2.24) is 9.97 Å². The molecule has 3 rings (SSSR count). The second-order valence-electron chi connectivity index (χ2n) is 7.24. The second kappa shape index (κ2) is 7.03. The van der Waals surface area contributed by atoms with E-state index in [-0.39, 0.29) is 6.99 Å². The van der Waals surface area contributed by atoms with Crippen LogP contribution in [-0.4, -0.2) is 21.7 Å². The van der Waals surface area contributed by atoms with Crippen molar-refractivity contribution >= 4 is 28.3 Å². The number of halogens is 3. The Bertz CT molecular complexity index is 1110. The predicted octanol–water partition coefficient (Wildman–Crippen LogP) is 4.51. The highest BCUT2D eigenvalue weighted by Crippen LogP contribution is 2.28. The van der Waals surface area contributed by atoms with Crippen LogP contribution in [0.1, 0.15) is 38.1 Å². The Balaban J connectivity index is 0.00000300. The molecule has 0 unspecified atom stereocenters. The number of aromatic nitrogens is 2. The molecule has 3 aromatic rings. The van der Waals surface area contributed by atoms with E-state index >= 15 is 0 Å². The molecule has 28 heavy (non-hydrogen) atoms. The topological polar surface area (TPSA) is 72.0 Å². The van der Waals surface area contributed by atoms with Crippen molar-refractivity contribution in [3.05, 3.63) is 65.4 Å². The minimum atomic E-state index is -1.62. The Hall–Kier alpha value is -3.29. The minimum absolute atomic E-state index is 0. The summed E-state index contributed by atoms with van der Waals surface area (Å²) >= 11 is 0. The van der Waals surface area contributed by atoms with E-state index in [1.165, 1.54) is 30.7 Å². The second-order valence-corrected chi connectivity index (χ2v) is 7.24. The van der Waals surface area contributed by atoms with Gasteiger partial charge in [0.1, 0.15) is 6.33 Å². The first-order valence-electron chi connectivity index (χ1n) is 8.33. The summed E-state index contributed by atoms with van der Waals surface area (Å²) in [6, 6.07) is 4.69. The van der Waals surface area contributed by atoms with E-state index in [9.17, 15) is 22.8 Å². The maximum absolute atomic E-state index is 14.8. The summed E-state index contributed by atoms with van der Waals surface area (Å²) < 4.78 is 43.2. The van der Waals surface area contributed by atoms with Crippen molar-refractivity contribution in [2.24, 2.45) is 5.41 Å². The van der Waals surface area contributed by atoms with Crippen LogP contribution in [-0.2, 0) is 4.79 Å². The fourth-order valence-corrected chi connectivity index (χ4v) is 2.47. The molecule has 2 aromatic carbocycles. The third-order valence-electron chi connectivity index (χ3n) is 4.08. The Labute approximate surface area is 160 Å². The number of ketones is 1. The molecule has 0 saturated carbocycles. The molecule has 0 atom stereocenters. The first-order chi connectivity index (χ1) is 13.1. The summed E-state index contributed by atoms with van der Waals surface area (Å²) in [5.74, 6) is -6.09. The Morgan fingerprint density at radius 3 is 2.46 bits per heavy atom. The quantitative estimate of drug-likeness (QED) is 0.529. The molecule has 146 valence electrons. The molecule has 5 nitrogen and oxygen atoms in total. The van der Waals surface area contributed by atoms with Crippen LogP contribution in [0.15, 0.2) is 36.8 Å². The summed E-state index contributed by atoms with van der Waals surface area (Å²) in [4.78, 5) is 32.6. The highest BCUT2D eigenvalue weighted by Gasteiger charge is 2.28. The molecule has 1 amide bonds. The maximum Gasteiger partial charge on any atom is 0.229 e. The third-order valence-corrected chi connectivity index (χ3v) is 4.08. The highest BCUT2D eigenvalue weighted by atomic mass is 19.2. The monoisotopic (exact) mass is 389 g/mol. The first-order valence-corrected chi connectivity index (χ1v) is 8.33. The Kier molecular flexibility index (Phi) is 4.89. The Morgan fingerprint density at radius 2 is 1.79 bits per heavy atom. The van der Waals surface area contributed by atoms with Gasteiger partial charge in [-0.2, -0.15) is 0 Å². The summed E-state index contributed by atoms with van der Waals surface area (Å²) in [7, 11) is 0. The Morgan fingerprint density at radius 1 is 1.07 bits per heavy atom. The first kappa shape index (κ1) is 19.5. The van der Waals surface area contributed by atoms with E-state index in [2.05, 4.69) is 15.3 Å². The van der Waals surface area contributed by atoms with Crippen molar-refractivity contribution < 1.29 is 24.2 Å². The van der Waals surface area contributed by atoms with Gasteiger partial charge < -0.3 is 5.32 Å². The van der Waals surface area contributed by atoms with Gasteiger partial charge in [0, 0.05) is 30.1 Å².